The molecule has 29 heavy (non-hydrogen) atoms. The molecule has 2 aromatic rings. The number of halogens is 1. The molecule has 9 nitrogen and oxygen atoms in total. The smallest absolute Gasteiger partial charge is 0.322 e. The van der Waals surface area contributed by atoms with E-state index in [0.717, 1.165) is 17.2 Å². The lowest BCUT2D eigenvalue weighted by atomic mass is 10.2. The first kappa shape index (κ1) is 19.9. The number of carbonyl (C=O) groups is 2. The van der Waals surface area contributed by atoms with Crippen LogP contribution in [0.2, 0.25) is 5.02 Å². The number of amides is 3. The first-order valence-corrected chi connectivity index (χ1v) is 10.5. The van der Waals surface area contributed by atoms with Gasteiger partial charge in [-0.3, -0.25) is 10.1 Å². The van der Waals surface area contributed by atoms with Crippen LogP contribution in [0.1, 0.15) is 10.5 Å². The van der Waals surface area contributed by atoms with Crippen LogP contribution in [-0.4, -0.2) is 83.8 Å². The van der Waals surface area contributed by atoms with Crippen molar-refractivity contribution in [1.29, 1.82) is 0 Å². The Bertz CT molecular complexity index is 880. The highest BCUT2D eigenvalue weighted by Crippen LogP contribution is 2.23. The minimum atomic E-state index is -0.252. The largest absolute Gasteiger partial charge is 0.378 e. The number of nitrogens with zero attached hydrogens (tertiary/aromatic N) is 5. The van der Waals surface area contributed by atoms with Gasteiger partial charge in [0, 0.05) is 61.5 Å². The predicted molar refractivity (Wildman–Crippen MR) is 111 cm³/mol. The molecule has 1 aromatic heterocycles. The van der Waals surface area contributed by atoms with Gasteiger partial charge in [-0.05, 0) is 18.2 Å². The lowest BCUT2D eigenvalue weighted by Crippen LogP contribution is -2.50. The molecule has 0 radical (unpaired) electrons. The molecule has 2 aliphatic heterocycles. The van der Waals surface area contributed by atoms with Crippen LogP contribution in [0.25, 0.3) is 0 Å². The van der Waals surface area contributed by atoms with E-state index < -0.39 is 0 Å². The summed E-state index contributed by atoms with van der Waals surface area (Å²) in [6.45, 7) is 4.56. The van der Waals surface area contributed by atoms with Gasteiger partial charge in [-0.2, -0.15) is 0 Å². The predicted octanol–water partition coefficient (Wildman–Crippen LogP) is 2.02. The number of hydrogen-bond acceptors (Lipinski definition) is 7. The van der Waals surface area contributed by atoms with E-state index in [9.17, 15) is 9.59 Å². The first-order chi connectivity index (χ1) is 14.1. The number of carbonyl (C=O) groups excluding carboxylic acids is 2. The van der Waals surface area contributed by atoms with Crippen molar-refractivity contribution in [3.05, 3.63) is 35.0 Å². The van der Waals surface area contributed by atoms with Crippen LogP contribution < -0.4 is 10.2 Å². The number of hydrogen-bond donors (Lipinski definition) is 1. The van der Waals surface area contributed by atoms with Gasteiger partial charge < -0.3 is 19.4 Å². The summed E-state index contributed by atoms with van der Waals surface area (Å²) >= 11 is 7.08. The van der Waals surface area contributed by atoms with E-state index in [1.165, 1.54) is 0 Å². The van der Waals surface area contributed by atoms with E-state index in [0.29, 0.717) is 62.5 Å². The molecule has 0 aliphatic carbocycles. The maximum Gasteiger partial charge on any atom is 0.322 e. The van der Waals surface area contributed by atoms with Gasteiger partial charge in [0.2, 0.25) is 0 Å². The van der Waals surface area contributed by atoms with Crippen LogP contribution in [0.15, 0.2) is 24.3 Å². The van der Waals surface area contributed by atoms with Crippen LogP contribution in [0.4, 0.5) is 15.5 Å². The van der Waals surface area contributed by atoms with E-state index in [2.05, 4.69) is 19.8 Å². The van der Waals surface area contributed by atoms with E-state index in [1.54, 1.807) is 9.80 Å². The number of benzene rings is 1. The fourth-order valence-corrected chi connectivity index (χ4v) is 4.08. The van der Waals surface area contributed by atoms with Crippen LogP contribution in [0.3, 0.4) is 0 Å². The highest BCUT2D eigenvalue weighted by Gasteiger charge is 2.27. The molecule has 2 fully saturated rings. The van der Waals surface area contributed by atoms with Crippen molar-refractivity contribution < 1.29 is 14.3 Å². The monoisotopic (exact) mass is 436 g/mol. The molecule has 3 heterocycles. The molecule has 3 amide bonds. The topological polar surface area (TPSA) is 90.9 Å². The van der Waals surface area contributed by atoms with Gasteiger partial charge in [0.15, 0.2) is 10.7 Å². The number of rotatable bonds is 3. The Morgan fingerprint density at radius 2 is 1.83 bits per heavy atom. The average molecular weight is 437 g/mol. The molecule has 1 N–H and O–H groups in total. The number of morpholine rings is 1. The molecule has 0 unspecified atom stereocenters. The summed E-state index contributed by atoms with van der Waals surface area (Å²) in [6, 6.07) is 7.43. The highest BCUT2D eigenvalue weighted by molar-refractivity contribution is 7.10. The van der Waals surface area contributed by atoms with Crippen molar-refractivity contribution in [3.8, 4) is 0 Å². The fourth-order valence-electron chi connectivity index (χ4n) is 3.35. The summed E-state index contributed by atoms with van der Waals surface area (Å²) in [5, 5.41) is 7.81. The molecule has 1 aromatic carbocycles. The number of nitrogens with one attached hydrogen (secondary N) is 1. The van der Waals surface area contributed by atoms with Gasteiger partial charge in [-0.25, -0.2) is 4.79 Å². The molecule has 0 saturated carbocycles. The van der Waals surface area contributed by atoms with E-state index in [-0.39, 0.29) is 17.6 Å². The third-order valence-corrected chi connectivity index (χ3v) is 5.83. The van der Waals surface area contributed by atoms with Crippen LogP contribution in [0.5, 0.6) is 0 Å². The maximum absolute atomic E-state index is 12.7. The van der Waals surface area contributed by atoms with E-state index >= 15 is 0 Å². The minimum Gasteiger partial charge on any atom is -0.378 e. The van der Waals surface area contributed by atoms with Crippen molar-refractivity contribution in [2.75, 3.05) is 62.7 Å². The minimum absolute atomic E-state index is 0.183. The summed E-state index contributed by atoms with van der Waals surface area (Å²) < 4.78 is 9.13. The van der Waals surface area contributed by atoms with Gasteiger partial charge in [0.25, 0.3) is 5.91 Å². The van der Waals surface area contributed by atoms with Crippen molar-refractivity contribution in [3.63, 3.8) is 0 Å². The van der Waals surface area contributed by atoms with Crippen molar-refractivity contribution in [1.82, 2.24) is 19.4 Å². The number of anilines is 2. The SMILES string of the molecule is O=C(Nc1snnc1C(=O)N1CCOCC1)N1CCN(c2cccc(Cl)c2)CC1. The second-order valence-electron chi connectivity index (χ2n) is 6.74. The van der Waals surface area contributed by atoms with E-state index in [4.69, 9.17) is 16.3 Å². The molecule has 0 spiro atoms. The normalized spacial score (nSPS) is 17.3. The zero-order chi connectivity index (χ0) is 20.2. The summed E-state index contributed by atoms with van der Waals surface area (Å²) in [5.74, 6) is -0.233. The molecule has 0 bridgehead atoms. The molecule has 4 rings (SSSR count). The quantitative estimate of drug-likeness (QED) is 0.791. The molecule has 0 atom stereocenters. The molecule has 2 aliphatic rings. The maximum atomic E-state index is 12.7. The van der Waals surface area contributed by atoms with Crippen molar-refractivity contribution >= 4 is 45.8 Å². The fraction of sp³-hybridized carbons (Fsp3) is 0.444. The zero-order valence-electron chi connectivity index (χ0n) is 15.7. The van der Waals surface area contributed by atoms with Gasteiger partial charge in [0.1, 0.15) is 0 Å². The molecular weight excluding hydrogens is 416 g/mol. The Hall–Kier alpha value is -2.43. The third kappa shape index (κ3) is 4.60. The lowest BCUT2D eigenvalue weighted by Gasteiger charge is -2.36. The Labute approximate surface area is 177 Å². The summed E-state index contributed by atoms with van der Waals surface area (Å²) in [5.41, 5.74) is 1.23. The molecule has 2 saturated heterocycles. The number of piperazine rings is 1. The number of urea groups is 1. The Morgan fingerprint density at radius 3 is 2.55 bits per heavy atom. The van der Waals surface area contributed by atoms with Gasteiger partial charge in [-0.15, -0.1) is 5.10 Å². The van der Waals surface area contributed by atoms with E-state index in [1.807, 2.05) is 24.3 Å². The Morgan fingerprint density at radius 1 is 1.07 bits per heavy atom. The number of aromatic nitrogens is 2. The standard InChI is InChI=1S/C18H21ClN6O3S/c19-13-2-1-3-14(12-13)23-4-6-25(7-5-23)18(27)20-16-15(21-22-29-16)17(26)24-8-10-28-11-9-24/h1-3,12H,4-11H2,(H,20,27). The average Bonchev–Trinajstić information content (AvgIpc) is 3.22. The molecular formula is C18H21ClN6O3S. The highest BCUT2D eigenvalue weighted by atomic mass is 35.5. The Kier molecular flexibility index (Phi) is 6.12. The molecule has 11 heteroatoms. The van der Waals surface area contributed by atoms with Gasteiger partial charge >= 0.3 is 6.03 Å². The Balaban J connectivity index is 1.35. The first-order valence-electron chi connectivity index (χ1n) is 9.37. The number of ether oxygens (including phenoxy) is 1. The van der Waals surface area contributed by atoms with Crippen LogP contribution in [0, 0.1) is 0 Å². The van der Waals surface area contributed by atoms with Gasteiger partial charge in [0.05, 0.1) is 13.2 Å². The van der Waals surface area contributed by atoms with Crippen molar-refractivity contribution in [2.24, 2.45) is 0 Å². The summed E-state index contributed by atoms with van der Waals surface area (Å²) in [6.07, 6.45) is 0. The summed E-state index contributed by atoms with van der Waals surface area (Å²) in [4.78, 5) is 30.9. The zero-order valence-corrected chi connectivity index (χ0v) is 17.3. The second-order valence-corrected chi connectivity index (χ2v) is 7.93. The van der Waals surface area contributed by atoms with Crippen molar-refractivity contribution in [2.45, 2.75) is 0 Å². The lowest BCUT2D eigenvalue weighted by molar-refractivity contribution is 0.0299. The molecule has 154 valence electrons. The van der Waals surface area contributed by atoms with Crippen LogP contribution >= 0.6 is 23.1 Å². The van der Waals surface area contributed by atoms with Crippen LogP contribution in [-0.2, 0) is 4.74 Å². The summed E-state index contributed by atoms with van der Waals surface area (Å²) in [7, 11) is 0. The van der Waals surface area contributed by atoms with Gasteiger partial charge in [-0.1, -0.05) is 22.2 Å². The third-order valence-electron chi connectivity index (χ3n) is 4.95. The second kappa shape index (κ2) is 8.93.